The van der Waals surface area contributed by atoms with Crippen LogP contribution in [-0.4, -0.2) is 0 Å². The Balaban J connectivity index is 1.16. The van der Waals surface area contributed by atoms with Gasteiger partial charge in [-0.2, -0.15) is 0 Å². The number of benzene rings is 11. The monoisotopic (exact) mass is 696 g/mol. The molecule has 0 aliphatic carbocycles. The van der Waals surface area contributed by atoms with Crippen LogP contribution in [0.5, 0.6) is 0 Å². The zero-order valence-electron chi connectivity index (χ0n) is 29.9. The van der Waals surface area contributed by atoms with Crippen LogP contribution in [0.15, 0.2) is 199 Å². The second-order valence-electron chi connectivity index (χ2n) is 14.7. The Morgan fingerprint density at radius 3 is 1.24 bits per heavy atom. The smallest absolute Gasteiger partial charge is 0.136 e. The minimum Gasteiger partial charge on any atom is -0.456 e. The zero-order chi connectivity index (χ0) is 36.0. The van der Waals surface area contributed by atoms with E-state index in [4.69, 9.17) is 4.42 Å². The molecule has 12 rings (SSSR count). The molecule has 0 saturated heterocycles. The molecule has 254 valence electrons. The lowest BCUT2D eigenvalue weighted by Gasteiger charge is -2.22. The lowest BCUT2D eigenvalue weighted by atomic mass is 9.81. The van der Waals surface area contributed by atoms with Gasteiger partial charge in [-0.25, -0.2) is 0 Å². The molecule has 0 fully saturated rings. The Hall–Kier alpha value is -7.22. The van der Waals surface area contributed by atoms with E-state index < -0.39 is 0 Å². The van der Waals surface area contributed by atoms with Gasteiger partial charge < -0.3 is 4.42 Å². The van der Waals surface area contributed by atoms with Crippen molar-refractivity contribution in [2.45, 2.75) is 0 Å². The van der Waals surface area contributed by atoms with Crippen LogP contribution < -0.4 is 0 Å². The highest BCUT2D eigenvalue weighted by Crippen LogP contribution is 2.50. The third-order valence-corrected chi connectivity index (χ3v) is 11.8. The van der Waals surface area contributed by atoms with Gasteiger partial charge >= 0.3 is 0 Å². The number of furan rings is 1. The molecule has 1 aromatic heterocycles. The SMILES string of the molecule is c1ccc(-c2c3ccccc3c(-c3c4ccccc4c(-c4ccc5c(c4)oc4ccc6c7ccccc7ccc6c45)c4ccccc34)c3ccccc23)cc1. The molecule has 1 nitrogen and oxygen atoms in total. The summed E-state index contributed by atoms with van der Waals surface area (Å²) in [6, 6.07) is 71.0. The average molecular weight is 697 g/mol. The maximum atomic E-state index is 6.70. The standard InChI is InChI=1S/C54H32O/c1-2-15-34(16-3-1)50-38-18-6-10-22-42(38)53(43-23-11-7-19-39(43)50)54-44-24-12-8-20-40(44)51(41-21-9-13-25-45(41)54)35-27-29-47-49(32-35)55-48-31-30-37-36-17-5-4-14-33(36)26-28-46(37)52(47)48/h1-32H. The Bertz CT molecular complexity index is 3420. The van der Waals surface area contributed by atoms with Gasteiger partial charge in [0.05, 0.1) is 0 Å². The molecule has 0 atom stereocenters. The summed E-state index contributed by atoms with van der Waals surface area (Å²) in [6.07, 6.45) is 0. The first-order valence-corrected chi connectivity index (χ1v) is 19.0. The van der Waals surface area contributed by atoms with Crippen molar-refractivity contribution in [3.63, 3.8) is 0 Å². The van der Waals surface area contributed by atoms with E-state index in [9.17, 15) is 0 Å². The quantitative estimate of drug-likeness (QED) is 0.132. The van der Waals surface area contributed by atoms with E-state index in [1.165, 1.54) is 97.8 Å². The van der Waals surface area contributed by atoms with Crippen molar-refractivity contribution < 1.29 is 4.42 Å². The summed E-state index contributed by atoms with van der Waals surface area (Å²) in [5.74, 6) is 0. The molecule has 1 heterocycles. The minimum absolute atomic E-state index is 0.902. The number of hydrogen-bond donors (Lipinski definition) is 0. The number of hydrogen-bond acceptors (Lipinski definition) is 1. The molecule has 0 N–H and O–H groups in total. The van der Waals surface area contributed by atoms with Crippen LogP contribution in [0.2, 0.25) is 0 Å². The van der Waals surface area contributed by atoms with Gasteiger partial charge in [-0.1, -0.05) is 176 Å². The highest BCUT2D eigenvalue weighted by Gasteiger charge is 2.23. The van der Waals surface area contributed by atoms with Crippen molar-refractivity contribution in [3.05, 3.63) is 194 Å². The summed E-state index contributed by atoms with van der Waals surface area (Å²) < 4.78 is 6.70. The maximum absolute atomic E-state index is 6.70. The van der Waals surface area contributed by atoms with Crippen molar-refractivity contribution >= 4 is 86.6 Å². The molecular weight excluding hydrogens is 665 g/mol. The average Bonchev–Trinajstić information content (AvgIpc) is 3.63. The molecule has 0 radical (unpaired) electrons. The van der Waals surface area contributed by atoms with E-state index in [0.29, 0.717) is 0 Å². The molecule has 12 aromatic rings. The second kappa shape index (κ2) is 11.6. The predicted molar refractivity (Wildman–Crippen MR) is 235 cm³/mol. The van der Waals surface area contributed by atoms with Gasteiger partial charge in [-0.05, 0) is 116 Å². The summed E-state index contributed by atoms with van der Waals surface area (Å²) in [5.41, 5.74) is 9.24. The van der Waals surface area contributed by atoms with E-state index in [0.717, 1.165) is 22.1 Å². The van der Waals surface area contributed by atoms with Crippen molar-refractivity contribution in [3.8, 4) is 33.4 Å². The fraction of sp³-hybridized carbons (Fsp3) is 0. The fourth-order valence-electron chi connectivity index (χ4n) is 9.54. The molecule has 0 aliphatic heterocycles. The van der Waals surface area contributed by atoms with Crippen LogP contribution in [-0.2, 0) is 0 Å². The minimum atomic E-state index is 0.902. The fourth-order valence-corrected chi connectivity index (χ4v) is 9.54. The summed E-state index contributed by atoms with van der Waals surface area (Å²) in [5, 5.41) is 17.3. The Morgan fingerprint density at radius 2 is 0.673 bits per heavy atom. The molecule has 11 aromatic carbocycles. The zero-order valence-corrected chi connectivity index (χ0v) is 29.9. The van der Waals surface area contributed by atoms with Crippen molar-refractivity contribution in [2.75, 3.05) is 0 Å². The maximum Gasteiger partial charge on any atom is 0.136 e. The highest BCUT2D eigenvalue weighted by atomic mass is 16.3. The van der Waals surface area contributed by atoms with Gasteiger partial charge in [-0.3, -0.25) is 0 Å². The summed E-state index contributed by atoms with van der Waals surface area (Å²) in [4.78, 5) is 0. The molecule has 1 heteroatoms. The van der Waals surface area contributed by atoms with Gasteiger partial charge in [-0.15, -0.1) is 0 Å². The van der Waals surface area contributed by atoms with E-state index in [1.54, 1.807) is 0 Å². The van der Waals surface area contributed by atoms with Crippen molar-refractivity contribution in [2.24, 2.45) is 0 Å². The van der Waals surface area contributed by atoms with Crippen LogP contribution >= 0.6 is 0 Å². The van der Waals surface area contributed by atoms with Crippen molar-refractivity contribution in [1.82, 2.24) is 0 Å². The molecule has 0 bridgehead atoms. The van der Waals surface area contributed by atoms with E-state index in [1.807, 2.05) is 0 Å². The Morgan fingerprint density at radius 1 is 0.236 bits per heavy atom. The summed E-state index contributed by atoms with van der Waals surface area (Å²) in [7, 11) is 0. The molecule has 0 aliphatic rings. The lowest BCUT2D eigenvalue weighted by molar-refractivity contribution is 0.669. The number of rotatable bonds is 3. The van der Waals surface area contributed by atoms with Crippen LogP contribution in [0.3, 0.4) is 0 Å². The summed E-state index contributed by atoms with van der Waals surface area (Å²) in [6.45, 7) is 0. The molecule has 0 amide bonds. The van der Waals surface area contributed by atoms with Crippen LogP contribution in [0, 0.1) is 0 Å². The van der Waals surface area contributed by atoms with Crippen molar-refractivity contribution in [1.29, 1.82) is 0 Å². The number of fused-ring (bicyclic) bond motifs is 11. The Kier molecular flexibility index (Phi) is 6.40. The van der Waals surface area contributed by atoms with E-state index in [-0.39, 0.29) is 0 Å². The van der Waals surface area contributed by atoms with Crippen LogP contribution in [0.25, 0.3) is 120 Å². The highest BCUT2D eigenvalue weighted by molar-refractivity contribution is 6.30. The molecule has 0 saturated carbocycles. The Labute approximate surface area is 317 Å². The lowest BCUT2D eigenvalue weighted by Crippen LogP contribution is -1.94. The third-order valence-electron chi connectivity index (χ3n) is 11.8. The summed E-state index contributed by atoms with van der Waals surface area (Å²) >= 11 is 0. The van der Waals surface area contributed by atoms with Gasteiger partial charge in [0.2, 0.25) is 0 Å². The van der Waals surface area contributed by atoms with E-state index >= 15 is 0 Å². The molecular formula is C54H32O. The van der Waals surface area contributed by atoms with Crippen LogP contribution in [0.4, 0.5) is 0 Å². The largest absolute Gasteiger partial charge is 0.456 e. The second-order valence-corrected chi connectivity index (χ2v) is 14.7. The van der Waals surface area contributed by atoms with Crippen LogP contribution in [0.1, 0.15) is 0 Å². The molecule has 0 spiro atoms. The predicted octanol–water partition coefficient (Wildman–Crippen LogP) is 15.5. The molecule has 55 heavy (non-hydrogen) atoms. The normalized spacial score (nSPS) is 12.0. The first-order chi connectivity index (χ1) is 27.3. The first-order valence-electron chi connectivity index (χ1n) is 19.0. The van der Waals surface area contributed by atoms with E-state index in [2.05, 4.69) is 194 Å². The van der Waals surface area contributed by atoms with Gasteiger partial charge in [0.25, 0.3) is 0 Å². The van der Waals surface area contributed by atoms with Gasteiger partial charge in [0, 0.05) is 10.8 Å². The molecule has 0 unspecified atom stereocenters. The third kappa shape index (κ3) is 4.35. The van der Waals surface area contributed by atoms with Gasteiger partial charge in [0.15, 0.2) is 0 Å². The first kappa shape index (κ1) is 30.3. The van der Waals surface area contributed by atoms with Gasteiger partial charge in [0.1, 0.15) is 11.2 Å². The topological polar surface area (TPSA) is 13.1 Å².